The Morgan fingerprint density at radius 2 is 2.18 bits per heavy atom. The van der Waals surface area contributed by atoms with Crippen molar-refractivity contribution in [3.63, 3.8) is 0 Å². The summed E-state index contributed by atoms with van der Waals surface area (Å²) < 4.78 is 10.0. The molecule has 0 fully saturated rings. The van der Waals surface area contributed by atoms with Crippen LogP contribution in [-0.4, -0.2) is 5.97 Å². The van der Waals surface area contributed by atoms with Crippen molar-refractivity contribution in [3.05, 3.63) is 40.2 Å². The summed E-state index contributed by atoms with van der Waals surface area (Å²) in [6.07, 6.45) is 0. The largest absolute Gasteiger partial charge is 0.427 e. The summed E-state index contributed by atoms with van der Waals surface area (Å²) in [6, 6.07) is 6.32. The minimum atomic E-state index is -0.432. The number of benzene rings is 1. The molecule has 5 heteroatoms. The Balaban J connectivity index is 2.66. The van der Waals surface area contributed by atoms with Crippen LogP contribution in [0.3, 0.4) is 0 Å². The Morgan fingerprint density at radius 3 is 2.82 bits per heavy atom. The fraction of sp³-hybridized carbons (Fsp3) is 0.167. The molecule has 0 atom stereocenters. The lowest BCUT2D eigenvalue weighted by Crippen LogP contribution is -2.02. The topological polar surface area (TPSA) is 56.5 Å². The van der Waals surface area contributed by atoms with Crippen molar-refractivity contribution in [2.45, 2.75) is 12.3 Å². The first-order valence-electron chi connectivity index (χ1n) is 4.91. The fourth-order valence-corrected chi connectivity index (χ4v) is 2.02. The number of esters is 1. The summed E-state index contributed by atoms with van der Waals surface area (Å²) in [7, 11) is 0. The van der Waals surface area contributed by atoms with Gasteiger partial charge in [-0.1, -0.05) is 15.9 Å². The Bertz CT molecular complexity index is 630. The van der Waals surface area contributed by atoms with Crippen LogP contribution in [0.2, 0.25) is 0 Å². The van der Waals surface area contributed by atoms with Gasteiger partial charge in [-0.05, 0) is 17.7 Å². The number of rotatable bonds is 2. The van der Waals surface area contributed by atoms with Gasteiger partial charge in [0.05, 0.1) is 0 Å². The molecule has 2 aromatic rings. The van der Waals surface area contributed by atoms with Crippen LogP contribution in [-0.2, 0) is 10.1 Å². The van der Waals surface area contributed by atoms with Gasteiger partial charge in [0, 0.05) is 29.8 Å². The SMILES string of the molecule is CC(=O)Oc1cc(CBr)c2ccc(=O)oc2c1. The van der Waals surface area contributed by atoms with E-state index in [1.807, 2.05) is 0 Å². The van der Waals surface area contributed by atoms with Crippen LogP contribution in [0.5, 0.6) is 5.75 Å². The van der Waals surface area contributed by atoms with Crippen LogP contribution in [0.15, 0.2) is 33.5 Å². The first-order valence-corrected chi connectivity index (χ1v) is 6.03. The van der Waals surface area contributed by atoms with Gasteiger partial charge in [-0.2, -0.15) is 0 Å². The Hall–Kier alpha value is -1.62. The van der Waals surface area contributed by atoms with E-state index in [0.717, 1.165) is 10.9 Å². The highest BCUT2D eigenvalue weighted by Gasteiger charge is 2.08. The quantitative estimate of drug-likeness (QED) is 0.370. The third-order valence-electron chi connectivity index (χ3n) is 2.20. The number of carbonyl (C=O) groups is 1. The minimum absolute atomic E-state index is 0.369. The molecular formula is C12H9BrO4. The van der Waals surface area contributed by atoms with Crippen molar-refractivity contribution in [1.29, 1.82) is 0 Å². The molecule has 17 heavy (non-hydrogen) atoms. The van der Waals surface area contributed by atoms with Crippen molar-refractivity contribution in [3.8, 4) is 5.75 Å². The monoisotopic (exact) mass is 296 g/mol. The molecule has 1 aromatic carbocycles. The highest BCUT2D eigenvalue weighted by atomic mass is 79.9. The van der Waals surface area contributed by atoms with Crippen LogP contribution in [0.4, 0.5) is 0 Å². The average Bonchev–Trinajstić information content (AvgIpc) is 2.26. The van der Waals surface area contributed by atoms with Gasteiger partial charge >= 0.3 is 11.6 Å². The predicted octanol–water partition coefficient (Wildman–Crippen LogP) is 2.61. The highest BCUT2D eigenvalue weighted by Crippen LogP contribution is 2.26. The lowest BCUT2D eigenvalue weighted by atomic mass is 10.1. The van der Waals surface area contributed by atoms with E-state index in [1.165, 1.54) is 19.1 Å². The Kier molecular flexibility index (Phi) is 3.28. The van der Waals surface area contributed by atoms with E-state index >= 15 is 0 Å². The van der Waals surface area contributed by atoms with Crippen molar-refractivity contribution in [1.82, 2.24) is 0 Å². The fourth-order valence-electron chi connectivity index (χ4n) is 1.56. The van der Waals surface area contributed by atoms with Crippen molar-refractivity contribution in [2.75, 3.05) is 0 Å². The second-order valence-electron chi connectivity index (χ2n) is 3.48. The normalized spacial score (nSPS) is 10.5. The van der Waals surface area contributed by atoms with E-state index in [4.69, 9.17) is 9.15 Å². The second-order valence-corrected chi connectivity index (χ2v) is 4.04. The molecule has 0 aliphatic rings. The van der Waals surface area contributed by atoms with E-state index in [2.05, 4.69) is 15.9 Å². The van der Waals surface area contributed by atoms with Gasteiger partial charge in [-0.3, -0.25) is 4.79 Å². The lowest BCUT2D eigenvalue weighted by Gasteiger charge is -2.06. The predicted molar refractivity (Wildman–Crippen MR) is 66.4 cm³/mol. The average molecular weight is 297 g/mol. The van der Waals surface area contributed by atoms with Crippen LogP contribution in [0, 0.1) is 0 Å². The first-order chi connectivity index (χ1) is 8.10. The summed E-state index contributed by atoms with van der Waals surface area (Å²) in [6.45, 7) is 1.32. The number of fused-ring (bicyclic) bond motifs is 1. The first kappa shape index (κ1) is 11.9. The maximum Gasteiger partial charge on any atom is 0.336 e. The summed E-state index contributed by atoms with van der Waals surface area (Å²) in [4.78, 5) is 22.0. The molecule has 0 radical (unpaired) electrons. The van der Waals surface area contributed by atoms with Gasteiger partial charge in [-0.15, -0.1) is 0 Å². The van der Waals surface area contributed by atoms with Crippen LogP contribution >= 0.6 is 15.9 Å². The van der Waals surface area contributed by atoms with Crippen LogP contribution in [0.1, 0.15) is 12.5 Å². The molecule has 0 aliphatic carbocycles. The summed E-state index contributed by atoms with van der Waals surface area (Å²) in [5.41, 5.74) is 0.867. The number of alkyl halides is 1. The molecule has 0 aliphatic heterocycles. The van der Waals surface area contributed by atoms with Gasteiger partial charge < -0.3 is 9.15 Å². The third-order valence-corrected chi connectivity index (χ3v) is 2.81. The lowest BCUT2D eigenvalue weighted by molar-refractivity contribution is -0.131. The molecule has 0 saturated heterocycles. The molecule has 0 amide bonds. The molecule has 4 nitrogen and oxygen atoms in total. The van der Waals surface area contributed by atoms with Gasteiger partial charge in [0.25, 0.3) is 0 Å². The number of hydrogen-bond donors (Lipinski definition) is 0. The second kappa shape index (κ2) is 4.71. The van der Waals surface area contributed by atoms with Crippen molar-refractivity contribution < 1.29 is 13.9 Å². The smallest absolute Gasteiger partial charge is 0.336 e. The minimum Gasteiger partial charge on any atom is -0.427 e. The number of hydrogen-bond acceptors (Lipinski definition) is 4. The molecule has 2 rings (SSSR count). The van der Waals surface area contributed by atoms with Gasteiger partial charge in [0.2, 0.25) is 0 Å². The van der Waals surface area contributed by atoms with E-state index in [-0.39, 0.29) is 0 Å². The summed E-state index contributed by atoms with van der Waals surface area (Å²) >= 11 is 3.34. The molecule has 0 N–H and O–H groups in total. The van der Waals surface area contributed by atoms with Crippen molar-refractivity contribution in [2.24, 2.45) is 0 Å². The van der Waals surface area contributed by atoms with Gasteiger partial charge in [0.15, 0.2) is 0 Å². The van der Waals surface area contributed by atoms with Crippen LogP contribution in [0.25, 0.3) is 11.0 Å². The maximum atomic E-state index is 11.1. The zero-order valence-electron chi connectivity index (χ0n) is 9.03. The molecule has 0 saturated carbocycles. The van der Waals surface area contributed by atoms with Gasteiger partial charge in [-0.25, -0.2) is 4.79 Å². The van der Waals surface area contributed by atoms with Crippen LogP contribution < -0.4 is 10.4 Å². The molecule has 1 heterocycles. The van der Waals surface area contributed by atoms with E-state index in [1.54, 1.807) is 12.1 Å². The molecule has 0 bridgehead atoms. The number of ether oxygens (including phenoxy) is 1. The molecule has 0 unspecified atom stereocenters. The summed E-state index contributed by atoms with van der Waals surface area (Å²) in [5.74, 6) is -0.0445. The Morgan fingerprint density at radius 1 is 1.41 bits per heavy atom. The molecule has 0 spiro atoms. The zero-order chi connectivity index (χ0) is 12.4. The van der Waals surface area contributed by atoms with Crippen molar-refractivity contribution >= 4 is 32.9 Å². The standard InChI is InChI=1S/C12H9BrO4/c1-7(14)16-9-4-8(6-13)10-2-3-12(15)17-11(10)5-9/h2-5H,6H2,1H3. The van der Waals surface area contributed by atoms with Gasteiger partial charge in [0.1, 0.15) is 11.3 Å². The van der Waals surface area contributed by atoms with E-state index < -0.39 is 11.6 Å². The molecular weight excluding hydrogens is 288 g/mol. The Labute approximate surface area is 105 Å². The maximum absolute atomic E-state index is 11.1. The summed E-state index contributed by atoms with van der Waals surface area (Å²) in [5, 5.41) is 1.39. The zero-order valence-corrected chi connectivity index (χ0v) is 10.6. The highest BCUT2D eigenvalue weighted by molar-refractivity contribution is 9.08. The number of carbonyl (C=O) groups excluding carboxylic acids is 1. The third kappa shape index (κ3) is 2.55. The number of halogens is 1. The van der Waals surface area contributed by atoms with E-state index in [0.29, 0.717) is 16.7 Å². The molecule has 1 aromatic heterocycles. The van der Waals surface area contributed by atoms with E-state index in [9.17, 15) is 9.59 Å². The molecule has 88 valence electrons.